The first-order valence-corrected chi connectivity index (χ1v) is 5.77. The zero-order valence-electron chi connectivity index (χ0n) is 10.2. The second-order valence-electron chi connectivity index (χ2n) is 4.27. The molecule has 0 atom stereocenters. The Kier molecular flexibility index (Phi) is 3.09. The molecule has 88 valence electrons. The summed E-state index contributed by atoms with van der Waals surface area (Å²) in [5, 5.41) is 1.04. The van der Waals surface area contributed by atoms with Crippen molar-refractivity contribution in [2.45, 2.75) is 26.7 Å². The van der Waals surface area contributed by atoms with Crippen molar-refractivity contribution in [1.82, 2.24) is 4.98 Å². The third kappa shape index (κ3) is 2.44. The Hall–Kier alpha value is -1.90. The number of hydrogen-bond donors (Lipinski definition) is 1. The molecule has 0 saturated heterocycles. The number of aromatic nitrogens is 1. The lowest BCUT2D eigenvalue weighted by Crippen LogP contribution is -2.14. The van der Waals surface area contributed by atoms with Crippen LogP contribution in [-0.2, 0) is 17.6 Å². The minimum Gasteiger partial charge on any atom is -0.369 e. The number of amides is 1. The van der Waals surface area contributed by atoms with E-state index in [1.165, 1.54) is 5.56 Å². The van der Waals surface area contributed by atoms with E-state index in [2.05, 4.69) is 24.0 Å². The average Bonchev–Trinajstić information content (AvgIpc) is 2.27. The molecule has 1 aromatic heterocycles. The fourth-order valence-electron chi connectivity index (χ4n) is 2.04. The summed E-state index contributed by atoms with van der Waals surface area (Å²) in [6.45, 7) is 4.04. The van der Waals surface area contributed by atoms with Gasteiger partial charge < -0.3 is 5.73 Å². The van der Waals surface area contributed by atoms with Gasteiger partial charge in [-0.05, 0) is 42.7 Å². The number of carbonyl (C=O) groups is 1. The van der Waals surface area contributed by atoms with Crippen molar-refractivity contribution in [1.29, 1.82) is 0 Å². The molecule has 0 bridgehead atoms. The minimum atomic E-state index is -0.307. The molecule has 2 rings (SSSR count). The predicted molar refractivity (Wildman–Crippen MR) is 68.8 cm³/mol. The number of primary amides is 1. The van der Waals surface area contributed by atoms with Gasteiger partial charge in [0.2, 0.25) is 5.91 Å². The van der Waals surface area contributed by atoms with Crippen LogP contribution in [-0.4, -0.2) is 10.9 Å². The van der Waals surface area contributed by atoms with Crippen LogP contribution in [0.4, 0.5) is 0 Å². The van der Waals surface area contributed by atoms with Crippen molar-refractivity contribution in [2.75, 3.05) is 0 Å². The highest BCUT2D eigenvalue weighted by atomic mass is 16.1. The van der Waals surface area contributed by atoms with Crippen LogP contribution in [0.25, 0.3) is 10.9 Å². The maximum atomic E-state index is 11.1. The first-order valence-electron chi connectivity index (χ1n) is 5.77. The van der Waals surface area contributed by atoms with Crippen molar-refractivity contribution in [3.05, 3.63) is 41.1 Å². The summed E-state index contributed by atoms with van der Waals surface area (Å²) in [6.07, 6.45) is 1.24. The molecule has 1 aromatic carbocycles. The molecule has 1 heterocycles. The molecular weight excluding hydrogens is 212 g/mol. The first kappa shape index (κ1) is 11.6. The lowest BCUT2D eigenvalue weighted by molar-refractivity contribution is -0.117. The number of carbonyl (C=O) groups excluding carboxylic acids is 1. The van der Waals surface area contributed by atoms with E-state index in [-0.39, 0.29) is 12.3 Å². The molecule has 0 spiro atoms. The maximum Gasteiger partial charge on any atom is 0.221 e. The quantitative estimate of drug-likeness (QED) is 0.875. The van der Waals surface area contributed by atoms with Gasteiger partial charge in [0.1, 0.15) is 0 Å². The summed E-state index contributed by atoms with van der Waals surface area (Å²) in [4.78, 5) is 15.5. The van der Waals surface area contributed by atoms with Crippen molar-refractivity contribution < 1.29 is 4.79 Å². The zero-order valence-corrected chi connectivity index (χ0v) is 10.2. The van der Waals surface area contributed by atoms with Crippen molar-refractivity contribution in [2.24, 2.45) is 5.73 Å². The largest absolute Gasteiger partial charge is 0.369 e. The summed E-state index contributed by atoms with van der Waals surface area (Å²) in [5.74, 6) is -0.307. The van der Waals surface area contributed by atoms with E-state index in [0.29, 0.717) is 0 Å². The van der Waals surface area contributed by atoms with Gasteiger partial charge in [-0.3, -0.25) is 9.78 Å². The third-order valence-electron chi connectivity index (χ3n) is 2.86. The van der Waals surface area contributed by atoms with Gasteiger partial charge in [0.25, 0.3) is 0 Å². The third-order valence-corrected chi connectivity index (χ3v) is 2.86. The molecule has 0 unspecified atom stereocenters. The van der Waals surface area contributed by atoms with Crippen LogP contribution >= 0.6 is 0 Å². The second kappa shape index (κ2) is 4.53. The fraction of sp³-hybridized carbons (Fsp3) is 0.286. The van der Waals surface area contributed by atoms with Crippen LogP contribution in [0.2, 0.25) is 0 Å². The molecule has 0 aliphatic rings. The normalized spacial score (nSPS) is 10.7. The number of benzene rings is 1. The maximum absolute atomic E-state index is 11.1. The summed E-state index contributed by atoms with van der Waals surface area (Å²) in [5.41, 5.74) is 9.33. The van der Waals surface area contributed by atoms with Gasteiger partial charge in [-0.25, -0.2) is 0 Å². The molecule has 17 heavy (non-hydrogen) atoms. The van der Waals surface area contributed by atoms with Crippen LogP contribution < -0.4 is 5.73 Å². The Morgan fingerprint density at radius 1 is 1.35 bits per heavy atom. The van der Waals surface area contributed by atoms with Crippen LogP contribution in [0.15, 0.2) is 24.3 Å². The van der Waals surface area contributed by atoms with E-state index in [0.717, 1.165) is 28.6 Å². The SMILES string of the molecule is CCc1ccc2nc(C)cc(CC(N)=O)c2c1. The van der Waals surface area contributed by atoms with E-state index >= 15 is 0 Å². The lowest BCUT2D eigenvalue weighted by atomic mass is 10.0. The van der Waals surface area contributed by atoms with E-state index in [9.17, 15) is 4.79 Å². The Morgan fingerprint density at radius 2 is 2.12 bits per heavy atom. The van der Waals surface area contributed by atoms with Gasteiger partial charge in [0, 0.05) is 11.1 Å². The highest BCUT2D eigenvalue weighted by molar-refractivity contribution is 5.88. The Balaban J connectivity index is 2.65. The molecule has 3 nitrogen and oxygen atoms in total. The van der Waals surface area contributed by atoms with E-state index in [1.807, 2.05) is 19.1 Å². The monoisotopic (exact) mass is 228 g/mol. The van der Waals surface area contributed by atoms with Gasteiger partial charge in [-0.1, -0.05) is 13.0 Å². The summed E-state index contributed by atoms with van der Waals surface area (Å²) >= 11 is 0. The van der Waals surface area contributed by atoms with E-state index < -0.39 is 0 Å². The Labute approximate surface area is 101 Å². The zero-order chi connectivity index (χ0) is 12.4. The number of aryl methyl sites for hydroxylation is 2. The summed E-state index contributed by atoms with van der Waals surface area (Å²) in [6, 6.07) is 8.11. The topological polar surface area (TPSA) is 56.0 Å². The Bertz CT molecular complexity index is 576. The predicted octanol–water partition coefficient (Wildman–Crippen LogP) is 2.13. The summed E-state index contributed by atoms with van der Waals surface area (Å²) in [7, 11) is 0. The first-order chi connectivity index (χ1) is 8.10. The molecule has 1 amide bonds. The van der Waals surface area contributed by atoms with Crippen molar-refractivity contribution in [3.63, 3.8) is 0 Å². The molecule has 0 radical (unpaired) electrons. The van der Waals surface area contributed by atoms with Gasteiger partial charge in [-0.15, -0.1) is 0 Å². The number of nitrogens with two attached hydrogens (primary N) is 1. The molecule has 2 aromatic rings. The highest BCUT2D eigenvalue weighted by Crippen LogP contribution is 2.20. The summed E-state index contributed by atoms with van der Waals surface area (Å²) < 4.78 is 0. The van der Waals surface area contributed by atoms with Crippen LogP contribution in [0.1, 0.15) is 23.7 Å². The molecular formula is C14H16N2O. The molecule has 0 saturated carbocycles. The van der Waals surface area contributed by atoms with E-state index in [1.54, 1.807) is 0 Å². The number of rotatable bonds is 3. The van der Waals surface area contributed by atoms with Gasteiger partial charge >= 0.3 is 0 Å². The van der Waals surface area contributed by atoms with Crippen molar-refractivity contribution in [3.8, 4) is 0 Å². The second-order valence-corrected chi connectivity index (χ2v) is 4.27. The molecule has 0 aliphatic carbocycles. The number of fused-ring (bicyclic) bond motifs is 1. The fourth-order valence-corrected chi connectivity index (χ4v) is 2.04. The van der Waals surface area contributed by atoms with Crippen molar-refractivity contribution >= 4 is 16.8 Å². The highest BCUT2D eigenvalue weighted by Gasteiger charge is 2.07. The Morgan fingerprint density at radius 3 is 2.76 bits per heavy atom. The number of nitrogens with zero attached hydrogens (tertiary/aromatic N) is 1. The number of pyridine rings is 1. The lowest BCUT2D eigenvalue weighted by Gasteiger charge is -2.07. The molecule has 3 heteroatoms. The van der Waals surface area contributed by atoms with Crippen LogP contribution in [0.5, 0.6) is 0 Å². The smallest absolute Gasteiger partial charge is 0.221 e. The van der Waals surface area contributed by atoms with E-state index in [4.69, 9.17) is 5.73 Å². The van der Waals surface area contributed by atoms with Gasteiger partial charge in [-0.2, -0.15) is 0 Å². The average molecular weight is 228 g/mol. The minimum absolute atomic E-state index is 0.271. The standard InChI is InChI=1S/C14H16N2O/c1-3-10-4-5-13-12(7-10)11(8-14(15)17)6-9(2)16-13/h4-7H,3,8H2,1-2H3,(H2,15,17). The molecule has 0 aliphatic heterocycles. The van der Waals surface area contributed by atoms with Gasteiger partial charge in [0.15, 0.2) is 0 Å². The van der Waals surface area contributed by atoms with Gasteiger partial charge in [0.05, 0.1) is 11.9 Å². The van der Waals surface area contributed by atoms with Crippen LogP contribution in [0, 0.1) is 6.92 Å². The number of hydrogen-bond acceptors (Lipinski definition) is 2. The van der Waals surface area contributed by atoms with Crippen LogP contribution in [0.3, 0.4) is 0 Å². The molecule has 0 fully saturated rings. The molecule has 2 N–H and O–H groups in total.